The molecule has 0 aliphatic heterocycles. The quantitative estimate of drug-likeness (QED) is 0.487. The monoisotopic (exact) mass is 472 g/mol. The third-order valence-corrected chi connectivity index (χ3v) is 6.06. The molecule has 1 amide bonds. The number of methoxy groups -OCH3 is 4. The van der Waals surface area contributed by atoms with Crippen molar-refractivity contribution in [3.05, 3.63) is 66.2 Å². The summed E-state index contributed by atoms with van der Waals surface area (Å²) in [5.41, 5.74) is 0.714. The maximum atomic E-state index is 13.0. The molecule has 0 bridgehead atoms. The highest BCUT2D eigenvalue weighted by atomic mass is 32.2. The highest BCUT2D eigenvalue weighted by Crippen LogP contribution is 2.31. The smallest absolute Gasteiger partial charge is 0.262 e. The molecule has 0 radical (unpaired) electrons. The van der Waals surface area contributed by atoms with E-state index in [-0.39, 0.29) is 27.6 Å². The number of nitrogens with one attached hydrogen (secondary N) is 2. The number of carbonyl (C=O) groups excluding carboxylic acids is 1. The topological polar surface area (TPSA) is 112 Å². The predicted molar refractivity (Wildman–Crippen MR) is 124 cm³/mol. The van der Waals surface area contributed by atoms with Crippen molar-refractivity contribution in [3.8, 4) is 23.0 Å². The molecule has 10 heteroatoms. The zero-order valence-corrected chi connectivity index (χ0v) is 19.4. The van der Waals surface area contributed by atoms with Crippen molar-refractivity contribution in [1.82, 2.24) is 0 Å². The van der Waals surface area contributed by atoms with E-state index in [0.29, 0.717) is 17.2 Å². The van der Waals surface area contributed by atoms with Crippen LogP contribution in [0.3, 0.4) is 0 Å². The average molecular weight is 473 g/mol. The number of hydrogen-bond acceptors (Lipinski definition) is 7. The van der Waals surface area contributed by atoms with Crippen LogP contribution in [0.4, 0.5) is 11.4 Å². The molecule has 0 fully saturated rings. The van der Waals surface area contributed by atoms with Crippen LogP contribution in [0.5, 0.6) is 23.0 Å². The maximum Gasteiger partial charge on any atom is 0.262 e. The van der Waals surface area contributed by atoms with Gasteiger partial charge in [0.25, 0.3) is 15.9 Å². The summed E-state index contributed by atoms with van der Waals surface area (Å²) in [6.07, 6.45) is 0. The molecule has 0 aromatic heterocycles. The lowest BCUT2D eigenvalue weighted by Crippen LogP contribution is -2.16. The number of carbonyl (C=O) groups is 1. The Labute approximate surface area is 192 Å². The second-order valence-corrected chi connectivity index (χ2v) is 8.41. The van der Waals surface area contributed by atoms with Crippen molar-refractivity contribution in [1.29, 1.82) is 0 Å². The molecule has 3 aromatic rings. The molecule has 33 heavy (non-hydrogen) atoms. The summed E-state index contributed by atoms with van der Waals surface area (Å²) in [4.78, 5) is 12.8. The van der Waals surface area contributed by atoms with Gasteiger partial charge in [0.15, 0.2) is 0 Å². The summed E-state index contributed by atoms with van der Waals surface area (Å²) < 4.78 is 49.4. The van der Waals surface area contributed by atoms with Crippen molar-refractivity contribution < 1.29 is 32.2 Å². The van der Waals surface area contributed by atoms with E-state index >= 15 is 0 Å². The number of benzene rings is 3. The van der Waals surface area contributed by atoms with E-state index in [2.05, 4.69) is 10.0 Å². The van der Waals surface area contributed by atoms with Crippen molar-refractivity contribution in [2.75, 3.05) is 38.5 Å². The van der Waals surface area contributed by atoms with Crippen LogP contribution < -0.4 is 29.0 Å². The Kier molecular flexibility index (Phi) is 7.29. The lowest BCUT2D eigenvalue weighted by Gasteiger charge is -2.15. The SMILES string of the molecule is COc1cc(OC)cc(C(=O)Nc2cc(S(=O)(=O)Nc3ccccc3OC)ccc2OC)c1. The Balaban J connectivity index is 1.93. The van der Waals surface area contributed by atoms with E-state index in [1.54, 1.807) is 30.3 Å². The van der Waals surface area contributed by atoms with E-state index in [1.165, 1.54) is 58.8 Å². The van der Waals surface area contributed by atoms with Crippen molar-refractivity contribution >= 4 is 27.3 Å². The summed E-state index contributed by atoms with van der Waals surface area (Å²) in [5.74, 6) is 1.02. The first kappa shape index (κ1) is 23.7. The van der Waals surface area contributed by atoms with Crippen molar-refractivity contribution in [2.24, 2.45) is 0 Å². The zero-order valence-electron chi connectivity index (χ0n) is 18.5. The number of hydrogen-bond donors (Lipinski definition) is 2. The van der Waals surface area contributed by atoms with E-state index in [4.69, 9.17) is 18.9 Å². The van der Waals surface area contributed by atoms with Gasteiger partial charge >= 0.3 is 0 Å². The predicted octanol–water partition coefficient (Wildman–Crippen LogP) is 3.77. The third kappa shape index (κ3) is 5.47. The molecule has 0 aliphatic carbocycles. The molecule has 2 N–H and O–H groups in total. The van der Waals surface area contributed by atoms with Crippen LogP contribution in [0.15, 0.2) is 65.6 Å². The molecule has 0 unspecified atom stereocenters. The van der Waals surface area contributed by atoms with E-state index in [1.807, 2.05) is 0 Å². The Bertz CT molecular complexity index is 1240. The number of para-hydroxylation sites is 2. The van der Waals surface area contributed by atoms with Gasteiger partial charge in [-0.15, -0.1) is 0 Å². The molecule has 0 atom stereocenters. The fourth-order valence-corrected chi connectivity index (χ4v) is 4.11. The molecular formula is C23H24N2O7S. The molecule has 9 nitrogen and oxygen atoms in total. The zero-order chi connectivity index (χ0) is 24.0. The van der Waals surface area contributed by atoms with Gasteiger partial charge < -0.3 is 24.3 Å². The largest absolute Gasteiger partial charge is 0.497 e. The van der Waals surface area contributed by atoms with Gasteiger partial charge in [-0.05, 0) is 42.5 Å². The highest BCUT2D eigenvalue weighted by Gasteiger charge is 2.20. The number of amides is 1. The summed E-state index contributed by atoms with van der Waals surface area (Å²) in [6.45, 7) is 0. The molecule has 174 valence electrons. The Morgan fingerprint density at radius 1 is 0.727 bits per heavy atom. The first-order valence-corrected chi connectivity index (χ1v) is 11.2. The minimum absolute atomic E-state index is 0.0762. The second-order valence-electron chi connectivity index (χ2n) is 6.72. The van der Waals surface area contributed by atoms with Crippen LogP contribution in [0.1, 0.15) is 10.4 Å². The van der Waals surface area contributed by atoms with Gasteiger partial charge in [-0.25, -0.2) is 8.42 Å². The van der Waals surface area contributed by atoms with Crippen LogP contribution >= 0.6 is 0 Å². The minimum atomic E-state index is -3.99. The first-order valence-electron chi connectivity index (χ1n) is 9.69. The highest BCUT2D eigenvalue weighted by molar-refractivity contribution is 7.92. The van der Waals surface area contributed by atoms with Gasteiger partial charge in [0.05, 0.1) is 44.7 Å². The number of ether oxygens (including phenoxy) is 4. The fraction of sp³-hybridized carbons (Fsp3) is 0.174. The lowest BCUT2D eigenvalue weighted by molar-refractivity contribution is 0.102. The third-order valence-electron chi connectivity index (χ3n) is 4.69. The van der Waals surface area contributed by atoms with Crippen LogP contribution in [0, 0.1) is 0 Å². The van der Waals surface area contributed by atoms with E-state index < -0.39 is 15.9 Å². The number of anilines is 2. The van der Waals surface area contributed by atoms with Crippen molar-refractivity contribution in [2.45, 2.75) is 4.90 Å². The average Bonchev–Trinajstić information content (AvgIpc) is 2.83. The van der Waals surface area contributed by atoms with E-state index in [9.17, 15) is 13.2 Å². The normalized spacial score (nSPS) is 10.8. The Hall–Kier alpha value is -3.92. The molecule has 0 spiro atoms. The molecular weight excluding hydrogens is 448 g/mol. The van der Waals surface area contributed by atoms with Crippen LogP contribution in [0.2, 0.25) is 0 Å². The number of sulfonamides is 1. The van der Waals surface area contributed by atoms with Crippen LogP contribution in [-0.2, 0) is 10.0 Å². The summed E-state index contributed by atoms with van der Waals surface area (Å²) in [6, 6.07) is 15.5. The maximum absolute atomic E-state index is 13.0. The fourth-order valence-electron chi connectivity index (χ4n) is 3.02. The van der Waals surface area contributed by atoms with Crippen LogP contribution in [0.25, 0.3) is 0 Å². The molecule has 3 aromatic carbocycles. The summed E-state index contributed by atoms with van der Waals surface area (Å²) >= 11 is 0. The van der Waals surface area contributed by atoms with E-state index in [0.717, 1.165) is 0 Å². The Morgan fingerprint density at radius 2 is 1.33 bits per heavy atom. The van der Waals surface area contributed by atoms with Gasteiger partial charge in [0.1, 0.15) is 23.0 Å². The number of rotatable bonds is 9. The van der Waals surface area contributed by atoms with Gasteiger partial charge in [0, 0.05) is 11.6 Å². The van der Waals surface area contributed by atoms with Gasteiger partial charge in [-0.1, -0.05) is 12.1 Å². The van der Waals surface area contributed by atoms with Crippen molar-refractivity contribution in [3.63, 3.8) is 0 Å². The molecule has 0 saturated carbocycles. The first-order chi connectivity index (χ1) is 15.8. The van der Waals surface area contributed by atoms with Gasteiger partial charge in [-0.3, -0.25) is 9.52 Å². The molecule has 0 aliphatic rings. The van der Waals surface area contributed by atoms with Gasteiger partial charge in [-0.2, -0.15) is 0 Å². The molecule has 0 heterocycles. The summed E-state index contributed by atoms with van der Waals surface area (Å²) in [7, 11) is 1.82. The second kappa shape index (κ2) is 10.1. The van der Waals surface area contributed by atoms with Gasteiger partial charge in [0.2, 0.25) is 0 Å². The lowest BCUT2D eigenvalue weighted by atomic mass is 10.1. The van der Waals surface area contributed by atoms with Crippen LogP contribution in [-0.4, -0.2) is 42.8 Å². The standard InChI is InChI=1S/C23H24N2O7S/c1-29-16-11-15(12-17(13-16)30-2)23(26)24-20-14-18(9-10-22(20)32-4)33(27,28)25-19-7-5-6-8-21(19)31-3/h5-14,25H,1-4H3,(H,24,26). The summed E-state index contributed by atoms with van der Waals surface area (Å²) in [5, 5.41) is 2.69. The minimum Gasteiger partial charge on any atom is -0.497 e. The molecule has 0 saturated heterocycles. The molecule has 3 rings (SSSR count). The Morgan fingerprint density at radius 3 is 1.94 bits per heavy atom.